The molecule has 0 N–H and O–H groups in total. The van der Waals surface area contributed by atoms with Gasteiger partial charge in [-0.25, -0.2) is 4.98 Å². The van der Waals surface area contributed by atoms with Crippen LogP contribution in [0.5, 0.6) is 11.5 Å². The molecule has 57 heavy (non-hydrogen) atoms. The quantitative estimate of drug-likeness (QED) is 0.0876. The average Bonchev–Trinajstić information content (AvgIpc) is 4.07. The Balaban J connectivity index is 1.13. The second-order valence-electron chi connectivity index (χ2n) is 13.2. The standard InChI is InChI=1S/C51H40N4OSi/c1-57(2,3)41-30-31-52-50(34-41)55-46-25-11-10-22-44(46)45-29-28-40(33-49(45)55)56-39-21-14-20-38(32-39)53-35-54(48-27-13-12-26-47(48)53)51-42(36-16-6-4-7-17-36)23-15-24-43(51)37-18-8-5-9-19-37/h4-34H,1-3H3/i1D3,2D3,3D3,4D,5D,6D,7D,8D,9D,16D,17D,18D,19D. The molecule has 0 aliphatic heterocycles. The molecule has 5 nitrogen and oxygen atoms in total. The summed E-state index contributed by atoms with van der Waals surface area (Å²) in [4.78, 5) is 4.53. The molecule has 0 saturated heterocycles. The monoisotopic (exact) mass is 771 g/mol. The van der Waals surface area contributed by atoms with Crippen LogP contribution in [0.2, 0.25) is 19.4 Å². The molecule has 0 aliphatic carbocycles. The fourth-order valence-corrected chi connectivity index (χ4v) is 7.90. The second kappa shape index (κ2) is 13.9. The van der Waals surface area contributed by atoms with Gasteiger partial charge in [0, 0.05) is 35.4 Å². The summed E-state index contributed by atoms with van der Waals surface area (Å²) in [7, 11) is -5.40. The van der Waals surface area contributed by atoms with Crippen molar-refractivity contribution in [1.29, 1.82) is 0 Å². The van der Waals surface area contributed by atoms with E-state index in [4.69, 9.17) is 30.8 Å². The molecule has 3 aromatic heterocycles. The summed E-state index contributed by atoms with van der Waals surface area (Å²) in [5.41, 5.74) is 2.53. The molecule has 0 saturated carbocycles. The maximum atomic E-state index is 9.00. The molecule has 274 valence electrons. The van der Waals surface area contributed by atoms with Gasteiger partial charge in [-0.1, -0.05) is 152 Å². The third-order valence-corrected chi connectivity index (χ3v) is 10.9. The van der Waals surface area contributed by atoms with Crippen LogP contribution < -0.4 is 14.5 Å². The predicted octanol–water partition coefficient (Wildman–Crippen LogP) is 11.9. The molecule has 0 atom stereocenters. The molecular formula is C51H40N4OSi. The Morgan fingerprint density at radius 3 is 2.05 bits per heavy atom. The molecule has 0 fully saturated rings. The summed E-state index contributed by atoms with van der Waals surface area (Å²) in [6, 6.07) is 27.9. The molecule has 0 unspecified atom stereocenters. The minimum Gasteiger partial charge on any atom is -0.458 e. The van der Waals surface area contributed by atoms with Crippen molar-refractivity contribution in [2.45, 2.75) is 19.4 Å². The maximum absolute atomic E-state index is 9.00. The van der Waals surface area contributed by atoms with E-state index >= 15 is 0 Å². The molecule has 0 aliphatic rings. The van der Waals surface area contributed by atoms with E-state index < -0.39 is 87.9 Å². The normalized spacial score (nSPS) is 17.2. The van der Waals surface area contributed by atoms with E-state index in [-0.39, 0.29) is 38.9 Å². The lowest BCUT2D eigenvalue weighted by molar-refractivity contribution is -0.571. The third kappa shape index (κ3) is 6.21. The smallest absolute Gasteiger partial charge is 0.269 e. The maximum Gasteiger partial charge on any atom is 0.269 e. The summed E-state index contributed by atoms with van der Waals surface area (Å²) in [5, 5.41) is 1.15. The molecule has 3 heterocycles. The lowest BCUT2D eigenvalue weighted by Crippen LogP contribution is -2.37. The number of ether oxygens (including phenoxy) is 1. The molecule has 0 amide bonds. The first-order valence-electron chi connectivity index (χ1n) is 27.3. The van der Waals surface area contributed by atoms with Crippen LogP contribution in [0.15, 0.2) is 188 Å². The van der Waals surface area contributed by atoms with E-state index in [9.17, 15) is 0 Å². The van der Waals surface area contributed by atoms with Gasteiger partial charge in [-0.05, 0) is 70.8 Å². The summed E-state index contributed by atoms with van der Waals surface area (Å²) in [6.07, 6.45) is 4.58. The number of pyridine rings is 1. The zero-order chi connectivity index (χ0) is 54.7. The second-order valence-corrected chi connectivity index (χ2v) is 15.3. The molecule has 10 rings (SSSR count). The van der Waals surface area contributed by atoms with Crippen molar-refractivity contribution in [2.24, 2.45) is 0 Å². The lowest BCUT2D eigenvalue weighted by atomic mass is 9.95. The van der Waals surface area contributed by atoms with E-state index in [1.807, 2.05) is 18.2 Å². The first-order chi connectivity index (χ1) is 35.8. The number of aromatic nitrogens is 4. The predicted molar refractivity (Wildman–Crippen MR) is 236 cm³/mol. The lowest BCUT2D eigenvalue weighted by Gasteiger charge is -2.18. The van der Waals surface area contributed by atoms with Gasteiger partial charge >= 0.3 is 0 Å². The number of hydrogen-bond acceptors (Lipinski definition) is 2. The number of para-hydroxylation sites is 4. The zero-order valence-electron chi connectivity index (χ0n) is 48.8. The highest BCUT2D eigenvalue weighted by Crippen LogP contribution is 2.37. The van der Waals surface area contributed by atoms with Crippen molar-refractivity contribution in [2.75, 3.05) is 0 Å². The highest BCUT2D eigenvalue weighted by molar-refractivity contribution is 6.88. The van der Waals surface area contributed by atoms with Gasteiger partial charge in [0.1, 0.15) is 17.3 Å². The van der Waals surface area contributed by atoms with Crippen molar-refractivity contribution >= 4 is 46.1 Å². The van der Waals surface area contributed by atoms with Gasteiger partial charge in [0.2, 0.25) is 0 Å². The van der Waals surface area contributed by atoms with Crippen LogP contribution in [0, 0.1) is 6.33 Å². The third-order valence-electron chi connectivity index (χ3n) is 9.73. The Morgan fingerprint density at radius 1 is 0.632 bits per heavy atom. The van der Waals surface area contributed by atoms with Crippen LogP contribution in [0.3, 0.4) is 0 Å². The molecule has 10 aromatic rings. The van der Waals surface area contributed by atoms with Gasteiger partial charge < -0.3 is 4.74 Å². The van der Waals surface area contributed by atoms with E-state index in [0.29, 0.717) is 39.3 Å². The summed E-state index contributed by atoms with van der Waals surface area (Å²) < 4.78 is 174. The summed E-state index contributed by atoms with van der Waals surface area (Å²) in [6.45, 7) is -10.1. The highest BCUT2D eigenvalue weighted by Gasteiger charge is 2.21. The van der Waals surface area contributed by atoms with Gasteiger partial charge in [0.05, 0.1) is 55.2 Å². The Morgan fingerprint density at radius 2 is 1.30 bits per heavy atom. The van der Waals surface area contributed by atoms with Crippen LogP contribution in [0.4, 0.5) is 0 Å². The first-order valence-corrected chi connectivity index (χ1v) is 19.8. The van der Waals surface area contributed by atoms with Gasteiger partial charge in [0.15, 0.2) is 0 Å². The average molecular weight is 772 g/mol. The van der Waals surface area contributed by atoms with E-state index in [1.165, 1.54) is 36.5 Å². The van der Waals surface area contributed by atoms with Gasteiger partial charge in [-0.15, -0.1) is 0 Å². The summed E-state index contributed by atoms with van der Waals surface area (Å²) >= 11 is 0. The number of imidazole rings is 1. The number of rotatable bonds is 8. The molecule has 0 radical (unpaired) electrons. The fourth-order valence-electron chi connectivity index (χ4n) is 7.23. The minimum absolute atomic E-state index is 0.0867. The van der Waals surface area contributed by atoms with E-state index in [1.54, 1.807) is 86.5 Å². The van der Waals surface area contributed by atoms with Gasteiger partial charge in [0.25, 0.3) is 6.33 Å². The minimum atomic E-state index is -5.40. The Labute approximate surface area is 360 Å². The van der Waals surface area contributed by atoms with Crippen molar-refractivity contribution in [3.8, 4) is 50.9 Å². The van der Waals surface area contributed by atoms with Gasteiger partial charge in [-0.2, -0.15) is 0 Å². The number of nitrogens with zero attached hydrogens (tertiary/aromatic N) is 4. The Kier molecular flexibility index (Phi) is 4.82. The summed E-state index contributed by atoms with van der Waals surface area (Å²) in [5.74, 6) is 0.748. The number of fused-ring (bicyclic) bond motifs is 4. The van der Waals surface area contributed by atoms with Crippen LogP contribution in [-0.2, 0) is 0 Å². The van der Waals surface area contributed by atoms with Crippen LogP contribution in [0.25, 0.3) is 72.3 Å². The van der Waals surface area contributed by atoms with E-state index in [0.717, 1.165) is 10.8 Å². The number of benzene rings is 7. The molecule has 7 aromatic carbocycles. The molecule has 0 spiro atoms. The molecular weight excluding hydrogens is 713 g/mol. The largest absolute Gasteiger partial charge is 0.458 e. The van der Waals surface area contributed by atoms with Crippen molar-refractivity contribution in [1.82, 2.24) is 14.1 Å². The first kappa shape index (κ1) is 19.7. The Bertz CT molecular complexity index is 3850. The highest BCUT2D eigenvalue weighted by atomic mass is 28.3. The fraction of sp³-hybridized carbons (Fsp3) is 0.0588. The van der Waals surface area contributed by atoms with Crippen LogP contribution >= 0.6 is 0 Å². The van der Waals surface area contributed by atoms with Crippen molar-refractivity contribution in [3.63, 3.8) is 0 Å². The molecule has 0 bridgehead atoms. The van der Waals surface area contributed by atoms with Crippen molar-refractivity contribution in [3.05, 3.63) is 194 Å². The van der Waals surface area contributed by atoms with Crippen molar-refractivity contribution < 1.29 is 35.3 Å². The van der Waals surface area contributed by atoms with Crippen LogP contribution in [-0.4, -0.2) is 22.2 Å². The molecule has 6 heteroatoms. The SMILES string of the molecule is [2H]c1c([2H])c([2H])c(-c2cccc(-c3c([2H])c([2H])c([2H])c([2H])c3[2H])c2-[n+]2[c-]n(-c3cccc(Oc4ccc5c6ccccc6n(-c6cc([Si](C([2H])([2H])[2H])(C([2H])([2H])[2H])C([2H])([2H])[2H])ccn6)c5c4)c3)c3ccccc32)c([2H])c1[2H]. The van der Waals surface area contributed by atoms with Gasteiger partial charge in [-0.3, -0.25) is 13.7 Å². The topological polar surface area (TPSA) is 35.9 Å². The van der Waals surface area contributed by atoms with E-state index in [2.05, 4.69) is 11.3 Å². The Hall–Kier alpha value is -7.02. The zero-order valence-corrected chi connectivity index (χ0v) is 30.8. The van der Waals surface area contributed by atoms with Crippen LogP contribution in [0.1, 0.15) is 26.0 Å². The number of hydrogen-bond donors (Lipinski definition) is 0.